The summed E-state index contributed by atoms with van der Waals surface area (Å²) >= 11 is 0. The van der Waals surface area contributed by atoms with E-state index >= 15 is 0 Å². The van der Waals surface area contributed by atoms with Gasteiger partial charge in [0.25, 0.3) is 0 Å². The summed E-state index contributed by atoms with van der Waals surface area (Å²) in [7, 11) is -3.51. The number of rotatable bonds is 5. The lowest BCUT2D eigenvalue weighted by Gasteiger charge is -2.31. The first kappa shape index (κ1) is 19.6. The van der Waals surface area contributed by atoms with Crippen LogP contribution in [-0.2, 0) is 9.84 Å². The number of benzene rings is 1. The highest BCUT2D eigenvalue weighted by molar-refractivity contribution is 7.91. The van der Waals surface area contributed by atoms with E-state index in [-0.39, 0.29) is 30.0 Å². The van der Waals surface area contributed by atoms with E-state index in [9.17, 15) is 26.4 Å². The Morgan fingerprint density at radius 3 is 2.48 bits per heavy atom. The van der Waals surface area contributed by atoms with Crippen molar-refractivity contribution in [2.24, 2.45) is 5.92 Å². The summed E-state index contributed by atoms with van der Waals surface area (Å²) in [6, 6.07) is 6.65. The fourth-order valence-corrected chi connectivity index (χ4v) is 4.08. The third-order valence-corrected chi connectivity index (χ3v) is 5.96. The van der Waals surface area contributed by atoms with Crippen molar-refractivity contribution < 1.29 is 26.4 Å². The fourth-order valence-electron chi connectivity index (χ4n) is 2.90. The predicted molar refractivity (Wildman–Crippen MR) is 86.8 cm³/mol. The second-order valence-electron chi connectivity index (χ2n) is 6.13. The Morgan fingerprint density at radius 1 is 1.16 bits per heavy atom. The van der Waals surface area contributed by atoms with Crippen LogP contribution in [0.3, 0.4) is 0 Å². The van der Waals surface area contributed by atoms with Gasteiger partial charge < -0.3 is 10.6 Å². The third kappa shape index (κ3) is 5.91. The van der Waals surface area contributed by atoms with Gasteiger partial charge >= 0.3 is 12.2 Å². The molecule has 1 fully saturated rings. The minimum absolute atomic E-state index is 0.0820. The molecule has 5 nitrogen and oxygen atoms in total. The summed E-state index contributed by atoms with van der Waals surface area (Å²) in [5.41, 5.74) is 0. The molecule has 1 aliphatic rings. The fraction of sp³-hybridized carbons (Fsp3) is 0.562. The molecular weight excluding hydrogens is 357 g/mol. The Balaban J connectivity index is 1.77. The zero-order valence-electron chi connectivity index (χ0n) is 13.6. The van der Waals surface area contributed by atoms with Crippen LogP contribution in [0.4, 0.5) is 18.0 Å². The molecule has 0 radical (unpaired) electrons. The molecule has 9 heteroatoms. The van der Waals surface area contributed by atoms with Gasteiger partial charge in [0.1, 0.15) is 0 Å². The molecule has 0 heterocycles. The number of sulfone groups is 1. The molecule has 1 aliphatic carbocycles. The van der Waals surface area contributed by atoms with Crippen molar-refractivity contribution in [3.05, 3.63) is 30.3 Å². The van der Waals surface area contributed by atoms with E-state index in [1.54, 1.807) is 18.2 Å². The number of hydrogen-bond acceptors (Lipinski definition) is 3. The van der Waals surface area contributed by atoms with Crippen molar-refractivity contribution in [3.63, 3.8) is 0 Å². The lowest BCUT2D eigenvalue weighted by atomic mass is 9.85. The van der Waals surface area contributed by atoms with Crippen LogP contribution in [0.5, 0.6) is 0 Å². The van der Waals surface area contributed by atoms with E-state index in [0.29, 0.717) is 12.8 Å². The lowest BCUT2D eigenvalue weighted by molar-refractivity contribution is -0.183. The maximum atomic E-state index is 12.8. The van der Waals surface area contributed by atoms with Gasteiger partial charge in [0.2, 0.25) is 0 Å². The Morgan fingerprint density at radius 2 is 1.84 bits per heavy atom. The van der Waals surface area contributed by atoms with Gasteiger partial charge in [-0.25, -0.2) is 13.2 Å². The van der Waals surface area contributed by atoms with E-state index < -0.39 is 34.0 Å². The predicted octanol–water partition coefficient (Wildman–Crippen LogP) is 2.88. The summed E-state index contributed by atoms with van der Waals surface area (Å²) < 4.78 is 62.4. The molecule has 2 atom stereocenters. The van der Waals surface area contributed by atoms with Crippen molar-refractivity contribution in [1.29, 1.82) is 0 Å². The standard InChI is InChI=1S/C16H21F3N2O3S/c17-16(18,19)12-5-4-6-13(11-12)21-15(22)20-9-10-25(23,24)14-7-2-1-3-8-14/h1-3,7-8,12-13H,4-6,9-11H2,(H2,20,21,22). The van der Waals surface area contributed by atoms with E-state index in [1.165, 1.54) is 12.1 Å². The number of nitrogens with one attached hydrogen (secondary N) is 2. The monoisotopic (exact) mass is 378 g/mol. The summed E-state index contributed by atoms with van der Waals surface area (Å²) in [5, 5.41) is 4.90. The average Bonchev–Trinajstić information content (AvgIpc) is 2.55. The van der Waals surface area contributed by atoms with Crippen LogP contribution in [0.25, 0.3) is 0 Å². The van der Waals surface area contributed by atoms with Gasteiger partial charge in [0.05, 0.1) is 16.6 Å². The SMILES string of the molecule is O=C(NCCS(=O)(=O)c1ccccc1)NC1CCCC(C(F)(F)F)C1. The quantitative estimate of drug-likeness (QED) is 0.827. The molecule has 0 aromatic heterocycles. The van der Waals surface area contributed by atoms with Crippen LogP contribution >= 0.6 is 0 Å². The molecule has 2 amide bonds. The maximum Gasteiger partial charge on any atom is 0.391 e. The van der Waals surface area contributed by atoms with E-state index in [4.69, 9.17) is 0 Å². The molecule has 2 unspecified atom stereocenters. The zero-order chi connectivity index (χ0) is 18.5. The topological polar surface area (TPSA) is 75.3 Å². The molecule has 0 saturated heterocycles. The minimum Gasteiger partial charge on any atom is -0.337 e. The average molecular weight is 378 g/mol. The molecule has 140 valence electrons. The van der Waals surface area contributed by atoms with E-state index in [2.05, 4.69) is 10.6 Å². The molecule has 0 spiro atoms. The highest BCUT2D eigenvalue weighted by Gasteiger charge is 2.42. The molecule has 2 N–H and O–H groups in total. The van der Waals surface area contributed by atoms with Crippen molar-refractivity contribution in [2.75, 3.05) is 12.3 Å². The van der Waals surface area contributed by atoms with Gasteiger partial charge in [-0.1, -0.05) is 24.6 Å². The van der Waals surface area contributed by atoms with Crippen LogP contribution in [0, 0.1) is 5.92 Å². The Hall–Kier alpha value is -1.77. The lowest BCUT2D eigenvalue weighted by Crippen LogP contribution is -2.46. The van der Waals surface area contributed by atoms with Gasteiger partial charge in [0, 0.05) is 12.6 Å². The molecule has 1 aromatic carbocycles. The molecule has 1 saturated carbocycles. The number of alkyl halides is 3. The zero-order valence-corrected chi connectivity index (χ0v) is 14.4. The Labute approximate surface area is 144 Å². The van der Waals surface area contributed by atoms with Crippen molar-refractivity contribution in [1.82, 2.24) is 10.6 Å². The molecule has 1 aromatic rings. The van der Waals surface area contributed by atoms with Crippen molar-refractivity contribution in [3.8, 4) is 0 Å². The van der Waals surface area contributed by atoms with Crippen LogP contribution in [0.1, 0.15) is 25.7 Å². The van der Waals surface area contributed by atoms with Crippen molar-refractivity contribution in [2.45, 2.75) is 42.8 Å². The second-order valence-corrected chi connectivity index (χ2v) is 8.24. The summed E-state index contributed by atoms with van der Waals surface area (Å²) in [6.45, 7) is -0.113. The number of amides is 2. The van der Waals surface area contributed by atoms with Crippen LogP contribution in [0.15, 0.2) is 35.2 Å². The second kappa shape index (κ2) is 8.07. The van der Waals surface area contributed by atoms with E-state index in [1.807, 2.05) is 0 Å². The molecule has 2 rings (SSSR count). The number of hydrogen-bond donors (Lipinski definition) is 2. The molecular formula is C16H21F3N2O3S. The van der Waals surface area contributed by atoms with Gasteiger partial charge in [-0.05, 0) is 31.4 Å². The van der Waals surface area contributed by atoms with Crippen LogP contribution in [0.2, 0.25) is 0 Å². The normalized spacial score (nSPS) is 21.6. The third-order valence-electron chi connectivity index (χ3n) is 4.23. The maximum absolute atomic E-state index is 12.8. The first-order chi connectivity index (χ1) is 11.7. The minimum atomic E-state index is -4.25. The largest absolute Gasteiger partial charge is 0.391 e. The molecule has 0 bridgehead atoms. The van der Waals surface area contributed by atoms with Crippen LogP contribution < -0.4 is 10.6 Å². The van der Waals surface area contributed by atoms with Crippen LogP contribution in [-0.4, -0.2) is 39.0 Å². The summed E-state index contributed by atoms with van der Waals surface area (Å²) in [5.74, 6) is -1.68. The number of halogens is 3. The smallest absolute Gasteiger partial charge is 0.337 e. The number of carbonyl (C=O) groups excluding carboxylic acids is 1. The first-order valence-corrected chi connectivity index (χ1v) is 9.72. The Bertz CT molecular complexity index is 678. The van der Waals surface area contributed by atoms with Gasteiger partial charge in [-0.3, -0.25) is 0 Å². The highest BCUT2D eigenvalue weighted by atomic mass is 32.2. The summed E-state index contributed by atoms with van der Waals surface area (Å²) in [6.07, 6.45) is -3.42. The first-order valence-electron chi connectivity index (χ1n) is 8.07. The van der Waals surface area contributed by atoms with Gasteiger partial charge in [-0.15, -0.1) is 0 Å². The Kier molecular flexibility index (Phi) is 6.31. The highest BCUT2D eigenvalue weighted by Crippen LogP contribution is 2.37. The summed E-state index contributed by atoms with van der Waals surface area (Å²) in [4.78, 5) is 12.0. The molecule has 0 aliphatic heterocycles. The van der Waals surface area contributed by atoms with Gasteiger partial charge in [0.15, 0.2) is 9.84 Å². The molecule has 25 heavy (non-hydrogen) atoms. The van der Waals surface area contributed by atoms with Gasteiger partial charge in [-0.2, -0.15) is 13.2 Å². The number of urea groups is 1. The van der Waals surface area contributed by atoms with Crippen molar-refractivity contribution >= 4 is 15.9 Å². The van der Waals surface area contributed by atoms with E-state index in [0.717, 1.165) is 0 Å². The number of carbonyl (C=O) groups is 1.